The SMILES string of the molecule is CC(CC(=O)NC1CCCCC1CN)c1ccc(C(F)(F)F)cc1.Cl. The highest BCUT2D eigenvalue weighted by Gasteiger charge is 2.30. The average molecular weight is 379 g/mol. The Labute approximate surface area is 153 Å². The van der Waals surface area contributed by atoms with Crippen molar-refractivity contribution in [2.75, 3.05) is 6.54 Å². The van der Waals surface area contributed by atoms with E-state index in [1.807, 2.05) is 6.92 Å². The predicted octanol–water partition coefficient (Wildman–Crippen LogP) is 4.25. The second-order valence-electron chi connectivity index (χ2n) is 6.68. The van der Waals surface area contributed by atoms with Gasteiger partial charge in [-0.25, -0.2) is 0 Å². The van der Waals surface area contributed by atoms with Gasteiger partial charge in [0.15, 0.2) is 0 Å². The van der Waals surface area contributed by atoms with E-state index in [9.17, 15) is 18.0 Å². The number of nitrogens with one attached hydrogen (secondary N) is 1. The molecular weight excluding hydrogens is 353 g/mol. The minimum atomic E-state index is -4.34. The molecule has 0 bridgehead atoms. The summed E-state index contributed by atoms with van der Waals surface area (Å²) < 4.78 is 37.8. The van der Waals surface area contributed by atoms with E-state index in [-0.39, 0.29) is 36.7 Å². The lowest BCUT2D eigenvalue weighted by Crippen LogP contribution is -2.44. The standard InChI is InChI=1S/C18H25F3N2O.ClH/c1-12(13-6-8-15(9-7-13)18(19,20)21)10-17(24)23-16-5-3-2-4-14(16)11-22;/h6-9,12,14,16H,2-5,10-11,22H2,1H3,(H,23,24);1H. The molecular formula is C18H26ClF3N2O. The Morgan fingerprint density at radius 2 is 1.84 bits per heavy atom. The van der Waals surface area contributed by atoms with Crippen molar-refractivity contribution in [1.82, 2.24) is 5.32 Å². The average Bonchev–Trinajstić information content (AvgIpc) is 2.54. The minimum absolute atomic E-state index is 0. The number of hydrogen-bond donors (Lipinski definition) is 2. The summed E-state index contributed by atoms with van der Waals surface area (Å²) in [7, 11) is 0. The van der Waals surface area contributed by atoms with Crippen LogP contribution in [0.4, 0.5) is 13.2 Å². The molecule has 3 unspecified atom stereocenters. The highest BCUT2D eigenvalue weighted by Crippen LogP contribution is 2.31. The zero-order valence-electron chi connectivity index (χ0n) is 14.3. The number of nitrogens with two attached hydrogens (primary N) is 1. The van der Waals surface area contributed by atoms with E-state index in [0.717, 1.165) is 43.4 Å². The molecule has 0 radical (unpaired) electrons. The first-order chi connectivity index (χ1) is 11.3. The van der Waals surface area contributed by atoms with Gasteiger partial charge in [0.05, 0.1) is 5.56 Å². The van der Waals surface area contributed by atoms with Gasteiger partial charge in [0.1, 0.15) is 0 Å². The molecule has 3 atom stereocenters. The first kappa shape index (κ1) is 21.8. The van der Waals surface area contributed by atoms with Crippen molar-refractivity contribution in [1.29, 1.82) is 0 Å². The minimum Gasteiger partial charge on any atom is -0.353 e. The normalized spacial score (nSPS) is 22.0. The first-order valence-corrected chi connectivity index (χ1v) is 8.48. The Morgan fingerprint density at radius 3 is 2.40 bits per heavy atom. The van der Waals surface area contributed by atoms with Gasteiger partial charge in [-0.1, -0.05) is 31.9 Å². The fourth-order valence-electron chi connectivity index (χ4n) is 3.34. The molecule has 1 aromatic rings. The predicted molar refractivity (Wildman–Crippen MR) is 94.7 cm³/mol. The fourth-order valence-corrected chi connectivity index (χ4v) is 3.34. The van der Waals surface area contributed by atoms with Crippen molar-refractivity contribution in [3.8, 4) is 0 Å². The van der Waals surface area contributed by atoms with Crippen LogP contribution < -0.4 is 11.1 Å². The molecule has 3 N–H and O–H groups in total. The molecule has 0 heterocycles. The maximum Gasteiger partial charge on any atom is 0.416 e. The van der Waals surface area contributed by atoms with Gasteiger partial charge in [-0.2, -0.15) is 13.2 Å². The number of rotatable bonds is 5. The maximum absolute atomic E-state index is 12.6. The third kappa shape index (κ3) is 6.19. The van der Waals surface area contributed by atoms with E-state index in [2.05, 4.69) is 5.32 Å². The monoisotopic (exact) mass is 378 g/mol. The van der Waals surface area contributed by atoms with Crippen molar-refractivity contribution in [3.05, 3.63) is 35.4 Å². The van der Waals surface area contributed by atoms with Crippen molar-refractivity contribution in [2.45, 2.75) is 57.2 Å². The Balaban J connectivity index is 0.00000312. The highest BCUT2D eigenvalue weighted by atomic mass is 35.5. The molecule has 142 valence electrons. The van der Waals surface area contributed by atoms with Crippen LogP contribution in [0.25, 0.3) is 0 Å². The van der Waals surface area contributed by atoms with E-state index in [4.69, 9.17) is 5.73 Å². The Bertz CT molecular complexity index is 548. The summed E-state index contributed by atoms with van der Waals surface area (Å²) in [5.41, 5.74) is 5.83. The quantitative estimate of drug-likeness (QED) is 0.804. The molecule has 0 aromatic heterocycles. The lowest BCUT2D eigenvalue weighted by molar-refractivity contribution is -0.137. The first-order valence-electron chi connectivity index (χ1n) is 8.48. The number of alkyl halides is 3. The molecule has 0 aliphatic heterocycles. The molecule has 1 aromatic carbocycles. The van der Waals surface area contributed by atoms with Crippen molar-refractivity contribution < 1.29 is 18.0 Å². The summed E-state index contributed by atoms with van der Waals surface area (Å²) in [5, 5.41) is 3.06. The summed E-state index contributed by atoms with van der Waals surface area (Å²) in [6.07, 6.45) is 0.154. The van der Waals surface area contributed by atoms with Gasteiger partial charge in [-0.3, -0.25) is 4.79 Å². The van der Waals surface area contributed by atoms with Gasteiger partial charge in [-0.15, -0.1) is 12.4 Å². The second-order valence-corrected chi connectivity index (χ2v) is 6.68. The molecule has 1 fully saturated rings. The molecule has 0 spiro atoms. The summed E-state index contributed by atoms with van der Waals surface area (Å²) in [6.45, 7) is 2.42. The van der Waals surface area contributed by atoms with Crippen LogP contribution in [0.5, 0.6) is 0 Å². The number of carbonyl (C=O) groups is 1. The van der Waals surface area contributed by atoms with Crippen molar-refractivity contribution in [3.63, 3.8) is 0 Å². The van der Waals surface area contributed by atoms with E-state index in [1.54, 1.807) is 0 Å². The van der Waals surface area contributed by atoms with Crippen LogP contribution in [-0.2, 0) is 11.0 Å². The Hall–Kier alpha value is -1.27. The Morgan fingerprint density at radius 1 is 1.24 bits per heavy atom. The van der Waals surface area contributed by atoms with Crippen LogP contribution in [0, 0.1) is 5.92 Å². The number of benzene rings is 1. The lowest BCUT2D eigenvalue weighted by Gasteiger charge is -2.31. The molecule has 2 rings (SSSR count). The number of amides is 1. The van der Waals surface area contributed by atoms with Gasteiger partial charge in [0.25, 0.3) is 0 Å². The molecule has 1 aliphatic rings. The van der Waals surface area contributed by atoms with Gasteiger partial charge in [0, 0.05) is 12.5 Å². The molecule has 1 saturated carbocycles. The molecule has 1 aliphatic carbocycles. The van der Waals surface area contributed by atoms with E-state index >= 15 is 0 Å². The van der Waals surface area contributed by atoms with Crippen LogP contribution in [0.1, 0.15) is 56.1 Å². The van der Waals surface area contributed by atoms with Gasteiger partial charge in [0.2, 0.25) is 5.91 Å². The smallest absolute Gasteiger partial charge is 0.353 e. The van der Waals surface area contributed by atoms with Crippen LogP contribution in [0.2, 0.25) is 0 Å². The molecule has 0 saturated heterocycles. The number of carbonyl (C=O) groups excluding carboxylic acids is 1. The van der Waals surface area contributed by atoms with Gasteiger partial charge < -0.3 is 11.1 Å². The highest BCUT2D eigenvalue weighted by molar-refractivity contribution is 5.85. The van der Waals surface area contributed by atoms with Crippen LogP contribution in [0.3, 0.4) is 0 Å². The van der Waals surface area contributed by atoms with Crippen LogP contribution in [-0.4, -0.2) is 18.5 Å². The second kappa shape index (κ2) is 9.43. The van der Waals surface area contributed by atoms with Crippen LogP contribution in [0.15, 0.2) is 24.3 Å². The van der Waals surface area contributed by atoms with E-state index in [1.165, 1.54) is 12.1 Å². The zero-order valence-corrected chi connectivity index (χ0v) is 15.1. The molecule has 7 heteroatoms. The Kier molecular flexibility index (Phi) is 8.22. The molecule has 3 nitrogen and oxygen atoms in total. The largest absolute Gasteiger partial charge is 0.416 e. The summed E-state index contributed by atoms with van der Waals surface area (Å²) in [6, 6.07) is 5.15. The van der Waals surface area contributed by atoms with Gasteiger partial charge >= 0.3 is 6.18 Å². The fraction of sp³-hybridized carbons (Fsp3) is 0.611. The zero-order chi connectivity index (χ0) is 17.7. The van der Waals surface area contributed by atoms with Gasteiger partial charge in [-0.05, 0) is 48.9 Å². The maximum atomic E-state index is 12.6. The summed E-state index contributed by atoms with van der Waals surface area (Å²) in [5.74, 6) is 0.129. The topological polar surface area (TPSA) is 55.1 Å². The summed E-state index contributed by atoms with van der Waals surface area (Å²) in [4.78, 5) is 12.3. The third-order valence-corrected chi connectivity index (χ3v) is 4.86. The number of halogens is 4. The lowest BCUT2D eigenvalue weighted by atomic mass is 9.84. The third-order valence-electron chi connectivity index (χ3n) is 4.86. The van der Waals surface area contributed by atoms with Crippen molar-refractivity contribution >= 4 is 18.3 Å². The number of hydrogen-bond acceptors (Lipinski definition) is 2. The molecule has 25 heavy (non-hydrogen) atoms. The van der Waals surface area contributed by atoms with Crippen LogP contribution >= 0.6 is 12.4 Å². The summed E-state index contributed by atoms with van der Waals surface area (Å²) >= 11 is 0. The van der Waals surface area contributed by atoms with E-state index in [0.29, 0.717) is 12.5 Å². The van der Waals surface area contributed by atoms with E-state index < -0.39 is 11.7 Å². The molecule has 1 amide bonds. The van der Waals surface area contributed by atoms with Crippen molar-refractivity contribution in [2.24, 2.45) is 11.7 Å².